The van der Waals surface area contributed by atoms with Crippen molar-refractivity contribution >= 4 is 29.9 Å². The smallest absolute Gasteiger partial charge is 0.239 e. The van der Waals surface area contributed by atoms with E-state index in [1.54, 1.807) is 6.34 Å². The van der Waals surface area contributed by atoms with Crippen LogP contribution in [0.3, 0.4) is 0 Å². The van der Waals surface area contributed by atoms with Crippen LogP contribution < -0.4 is 10.2 Å². The molecule has 2 aromatic carbocycles. The number of anilines is 2. The van der Waals surface area contributed by atoms with Crippen LogP contribution in [0.1, 0.15) is 18.4 Å². The number of benzene rings is 2. The van der Waals surface area contributed by atoms with Gasteiger partial charge >= 0.3 is 0 Å². The lowest BCUT2D eigenvalue weighted by Gasteiger charge is -2.40. The number of allylic oxidation sites excluding steroid dienone is 2. The number of carbonyl (C=O) groups excluding carboxylic acids is 2. The fourth-order valence-electron chi connectivity index (χ4n) is 3.49. The Morgan fingerprint density at radius 2 is 1.84 bits per heavy atom. The maximum absolute atomic E-state index is 13.1. The average Bonchev–Trinajstić information content (AvgIpc) is 3.57. The van der Waals surface area contributed by atoms with Crippen molar-refractivity contribution < 1.29 is 18.7 Å². The largest absolute Gasteiger partial charge is 0.378 e. The van der Waals surface area contributed by atoms with Gasteiger partial charge < -0.3 is 15.0 Å². The Kier molecular flexibility index (Phi) is 5.95. The highest BCUT2D eigenvalue weighted by molar-refractivity contribution is 6.00. The maximum atomic E-state index is 13.1. The normalized spacial score (nSPS) is 17.8. The minimum absolute atomic E-state index is 0.180. The fraction of sp³-hybridized carbons (Fsp3) is 0.292. The number of hydrogen-bond acceptors (Lipinski definition) is 4. The number of rotatable bonds is 8. The minimum Gasteiger partial charge on any atom is -0.378 e. The van der Waals surface area contributed by atoms with Crippen LogP contribution in [0.5, 0.6) is 0 Å². The molecule has 1 saturated heterocycles. The Bertz CT molecular complexity index is 1010. The minimum atomic E-state index is -0.772. The SMILES string of the molecule is CN(C=N/C(=C\C=O)C1CC1)c1ccc(C2(C(=O)Nc3ccc(F)cc3)COC2)cc1. The van der Waals surface area contributed by atoms with E-state index >= 15 is 0 Å². The van der Waals surface area contributed by atoms with Gasteiger partial charge in [0.1, 0.15) is 17.5 Å². The van der Waals surface area contributed by atoms with E-state index in [1.165, 1.54) is 30.3 Å². The standard InChI is InChI=1S/C24H24FN3O3/c1-28(16-26-22(12-13-29)17-2-3-17)21-10-4-18(5-11-21)24(14-31-15-24)23(30)27-20-8-6-19(25)7-9-20/h4-13,16-17H,2-3,14-15H2,1H3,(H,27,30)/b22-12-,26-16?. The second-order valence-corrected chi connectivity index (χ2v) is 7.94. The summed E-state index contributed by atoms with van der Waals surface area (Å²) in [5.41, 5.74) is 2.34. The van der Waals surface area contributed by atoms with E-state index in [4.69, 9.17) is 4.74 Å². The topological polar surface area (TPSA) is 71.0 Å². The van der Waals surface area contributed by atoms with Crippen LogP contribution in [-0.4, -0.2) is 38.8 Å². The van der Waals surface area contributed by atoms with Gasteiger partial charge in [0.25, 0.3) is 0 Å². The number of nitrogens with one attached hydrogen (secondary N) is 1. The highest BCUT2D eigenvalue weighted by Gasteiger charge is 2.47. The highest BCUT2D eigenvalue weighted by atomic mass is 19.1. The Morgan fingerprint density at radius 1 is 1.16 bits per heavy atom. The molecule has 1 aliphatic heterocycles. The Balaban J connectivity index is 1.46. The van der Waals surface area contributed by atoms with Gasteiger partial charge in [-0.2, -0.15) is 0 Å². The molecule has 1 saturated carbocycles. The number of aldehydes is 1. The van der Waals surface area contributed by atoms with Crippen molar-refractivity contribution in [2.45, 2.75) is 18.3 Å². The predicted molar refractivity (Wildman–Crippen MR) is 118 cm³/mol. The number of ether oxygens (including phenoxy) is 1. The molecule has 0 spiro atoms. The molecule has 31 heavy (non-hydrogen) atoms. The fourth-order valence-corrected chi connectivity index (χ4v) is 3.49. The second-order valence-electron chi connectivity index (χ2n) is 7.94. The van der Waals surface area contributed by atoms with Gasteiger partial charge in [0.15, 0.2) is 0 Å². The summed E-state index contributed by atoms with van der Waals surface area (Å²) in [6, 6.07) is 13.4. The van der Waals surface area contributed by atoms with Crippen LogP contribution in [0.4, 0.5) is 15.8 Å². The van der Waals surface area contributed by atoms with Crippen molar-refractivity contribution in [2.24, 2.45) is 10.9 Å². The summed E-state index contributed by atoms with van der Waals surface area (Å²) in [6.45, 7) is 0.579. The summed E-state index contributed by atoms with van der Waals surface area (Å²) in [4.78, 5) is 30.1. The molecule has 0 radical (unpaired) electrons. The third kappa shape index (κ3) is 4.56. The van der Waals surface area contributed by atoms with Crippen molar-refractivity contribution in [3.63, 3.8) is 0 Å². The Morgan fingerprint density at radius 3 is 2.39 bits per heavy atom. The van der Waals surface area contributed by atoms with Gasteiger partial charge in [-0.3, -0.25) is 9.59 Å². The molecule has 7 heteroatoms. The molecule has 6 nitrogen and oxygen atoms in total. The molecule has 160 valence electrons. The van der Waals surface area contributed by atoms with Crippen molar-refractivity contribution in [1.82, 2.24) is 0 Å². The van der Waals surface area contributed by atoms with E-state index in [0.29, 0.717) is 11.6 Å². The maximum Gasteiger partial charge on any atom is 0.239 e. The van der Waals surface area contributed by atoms with Crippen molar-refractivity contribution in [3.05, 3.63) is 71.7 Å². The molecule has 0 unspecified atom stereocenters. The average molecular weight is 421 g/mol. The van der Waals surface area contributed by atoms with Gasteiger partial charge in [0, 0.05) is 30.0 Å². The molecule has 0 atom stereocenters. The van der Waals surface area contributed by atoms with Gasteiger partial charge in [0.05, 0.1) is 19.6 Å². The summed E-state index contributed by atoms with van der Waals surface area (Å²) in [6.07, 6.45) is 6.13. The van der Waals surface area contributed by atoms with Crippen LogP contribution in [0.25, 0.3) is 0 Å². The zero-order valence-corrected chi connectivity index (χ0v) is 17.3. The van der Waals surface area contributed by atoms with E-state index in [1.807, 2.05) is 36.2 Å². The number of carbonyl (C=O) groups is 2. The molecule has 1 heterocycles. The molecule has 1 amide bonds. The Labute approximate surface area is 180 Å². The van der Waals surface area contributed by atoms with E-state index in [-0.39, 0.29) is 24.9 Å². The van der Waals surface area contributed by atoms with Crippen LogP contribution in [0.2, 0.25) is 0 Å². The molecular weight excluding hydrogens is 397 g/mol. The van der Waals surface area contributed by atoms with Crippen LogP contribution >= 0.6 is 0 Å². The van der Waals surface area contributed by atoms with Crippen molar-refractivity contribution in [3.8, 4) is 0 Å². The van der Waals surface area contributed by atoms with Gasteiger partial charge in [-0.15, -0.1) is 0 Å². The summed E-state index contributed by atoms with van der Waals surface area (Å²) < 4.78 is 18.5. The van der Waals surface area contributed by atoms with Crippen molar-refractivity contribution in [1.29, 1.82) is 0 Å². The zero-order valence-electron chi connectivity index (χ0n) is 17.3. The lowest BCUT2D eigenvalue weighted by atomic mass is 9.77. The van der Waals surface area contributed by atoms with E-state index in [0.717, 1.165) is 36.1 Å². The first-order valence-electron chi connectivity index (χ1n) is 10.2. The van der Waals surface area contributed by atoms with E-state index in [2.05, 4.69) is 10.3 Å². The molecule has 1 N–H and O–H groups in total. The number of halogens is 1. The lowest BCUT2D eigenvalue weighted by Crippen LogP contribution is -2.55. The van der Waals surface area contributed by atoms with E-state index in [9.17, 15) is 14.0 Å². The zero-order chi connectivity index (χ0) is 21.8. The first-order valence-corrected chi connectivity index (χ1v) is 10.2. The van der Waals surface area contributed by atoms with Gasteiger partial charge in [0.2, 0.25) is 5.91 Å². The first kappa shape index (κ1) is 20.9. The van der Waals surface area contributed by atoms with Crippen LogP contribution in [0, 0.1) is 11.7 Å². The molecule has 1 aliphatic carbocycles. The molecule has 4 rings (SSSR count). The van der Waals surface area contributed by atoms with Gasteiger partial charge in [-0.05, 0) is 60.9 Å². The monoisotopic (exact) mass is 421 g/mol. The summed E-state index contributed by atoms with van der Waals surface area (Å²) >= 11 is 0. The Hall–Kier alpha value is -3.32. The van der Waals surface area contributed by atoms with Gasteiger partial charge in [-0.25, -0.2) is 9.38 Å². The van der Waals surface area contributed by atoms with E-state index < -0.39 is 5.41 Å². The summed E-state index contributed by atoms with van der Waals surface area (Å²) in [7, 11) is 1.88. The molecular formula is C24H24FN3O3. The molecule has 2 fully saturated rings. The van der Waals surface area contributed by atoms with Crippen LogP contribution in [-0.2, 0) is 19.7 Å². The van der Waals surface area contributed by atoms with Crippen molar-refractivity contribution in [2.75, 3.05) is 30.5 Å². The molecule has 0 bridgehead atoms. The molecule has 0 aromatic heterocycles. The number of nitrogens with zero attached hydrogens (tertiary/aromatic N) is 2. The van der Waals surface area contributed by atoms with Gasteiger partial charge in [-0.1, -0.05) is 12.1 Å². The summed E-state index contributed by atoms with van der Waals surface area (Å²) in [5.74, 6) is -0.148. The third-order valence-corrected chi connectivity index (χ3v) is 5.68. The molecule has 2 aliphatic rings. The third-order valence-electron chi connectivity index (χ3n) is 5.68. The highest BCUT2D eigenvalue weighted by Crippen LogP contribution is 2.37. The number of hydrogen-bond donors (Lipinski definition) is 1. The first-order chi connectivity index (χ1) is 15.0. The lowest BCUT2D eigenvalue weighted by molar-refractivity contribution is -0.139. The predicted octanol–water partition coefficient (Wildman–Crippen LogP) is 3.69. The number of amides is 1. The van der Waals surface area contributed by atoms with Crippen LogP contribution in [0.15, 0.2) is 65.3 Å². The number of aliphatic imine (C=N–C) groups is 1. The quantitative estimate of drug-likeness (QED) is 0.305. The molecule has 2 aromatic rings. The second kappa shape index (κ2) is 8.81. The summed E-state index contributed by atoms with van der Waals surface area (Å²) in [5, 5.41) is 2.86.